The quantitative estimate of drug-likeness (QED) is 0.711. The van der Waals surface area contributed by atoms with Crippen molar-refractivity contribution in [3.8, 4) is 5.75 Å². The molecule has 0 aromatic heterocycles. The largest absolute Gasteiger partial charge is 0.487 e. The molecule has 1 aromatic carbocycles. The number of carbonyl (C=O) groups excluding carboxylic acids is 2. The first-order chi connectivity index (χ1) is 14.3. The van der Waals surface area contributed by atoms with Gasteiger partial charge in [0.15, 0.2) is 0 Å². The number of ether oxygens (including phenoxy) is 2. The van der Waals surface area contributed by atoms with E-state index in [-0.39, 0.29) is 47.5 Å². The molecule has 2 amide bonds. The fraction of sp³-hybridized carbons (Fsp3) is 0.667. The van der Waals surface area contributed by atoms with Gasteiger partial charge in [-0.2, -0.15) is 0 Å². The van der Waals surface area contributed by atoms with Crippen molar-refractivity contribution in [1.29, 1.82) is 0 Å². The minimum atomic E-state index is -0.339. The first-order valence-electron chi connectivity index (χ1n) is 11.3. The molecule has 6 heteroatoms. The van der Waals surface area contributed by atoms with E-state index in [2.05, 4.69) is 24.8 Å². The highest BCUT2D eigenvalue weighted by atomic mass is 16.5. The molecule has 0 bridgehead atoms. The van der Waals surface area contributed by atoms with Gasteiger partial charge in [0.1, 0.15) is 11.4 Å². The molecular formula is C24H32N2O4. The van der Waals surface area contributed by atoms with E-state index in [0.717, 1.165) is 43.5 Å². The zero-order valence-electron chi connectivity index (χ0n) is 18.2. The van der Waals surface area contributed by atoms with E-state index in [1.165, 1.54) is 0 Å². The molecule has 0 aliphatic carbocycles. The topological polar surface area (TPSA) is 59.1 Å². The molecule has 1 aromatic rings. The second kappa shape index (κ2) is 7.26. The summed E-state index contributed by atoms with van der Waals surface area (Å²) in [6, 6.07) is 8.32. The molecule has 6 nitrogen and oxygen atoms in total. The Morgan fingerprint density at radius 3 is 2.53 bits per heavy atom. The maximum absolute atomic E-state index is 13.4. The van der Waals surface area contributed by atoms with Crippen molar-refractivity contribution < 1.29 is 19.1 Å². The van der Waals surface area contributed by atoms with Gasteiger partial charge in [-0.25, -0.2) is 0 Å². The smallest absolute Gasteiger partial charge is 0.226 e. The molecule has 30 heavy (non-hydrogen) atoms. The van der Waals surface area contributed by atoms with Gasteiger partial charge in [-0.05, 0) is 45.6 Å². The number of nitrogens with zero attached hydrogens (tertiary/aromatic N) is 2. The summed E-state index contributed by atoms with van der Waals surface area (Å²) < 4.78 is 13.0. The monoisotopic (exact) mass is 412 g/mol. The SMILES string of the molecule is CC(=O)N1CCC(C(=O)N2CC[C@H]3O[C@H]4c5ccccc5OC(C)(C)[C@@H]4C[C@H]32)CC1. The number of piperidine rings is 1. The molecule has 4 aliphatic heterocycles. The number of amides is 2. The Labute approximate surface area is 178 Å². The second-order valence-corrected chi connectivity index (χ2v) is 9.85. The lowest BCUT2D eigenvalue weighted by molar-refractivity contribution is -0.169. The van der Waals surface area contributed by atoms with Crippen LogP contribution in [0, 0.1) is 11.8 Å². The Morgan fingerprint density at radius 1 is 1.07 bits per heavy atom. The number of fused-ring (bicyclic) bond motifs is 4. The van der Waals surface area contributed by atoms with Crippen LogP contribution in [0.25, 0.3) is 0 Å². The van der Waals surface area contributed by atoms with Crippen LogP contribution in [0.2, 0.25) is 0 Å². The number of hydrogen-bond donors (Lipinski definition) is 0. The highest BCUT2D eigenvalue weighted by Gasteiger charge is 2.54. The van der Waals surface area contributed by atoms with E-state index in [1.54, 1.807) is 6.92 Å². The number of rotatable bonds is 1. The summed E-state index contributed by atoms with van der Waals surface area (Å²) >= 11 is 0. The number of likely N-dealkylation sites (tertiary alicyclic amines) is 2. The van der Waals surface area contributed by atoms with Crippen molar-refractivity contribution in [3.05, 3.63) is 29.8 Å². The summed E-state index contributed by atoms with van der Waals surface area (Å²) in [5, 5.41) is 0. The average molecular weight is 413 g/mol. The Morgan fingerprint density at radius 2 is 1.80 bits per heavy atom. The molecule has 5 rings (SSSR count). The van der Waals surface area contributed by atoms with Crippen LogP contribution in [-0.4, -0.2) is 59.0 Å². The summed E-state index contributed by atoms with van der Waals surface area (Å²) in [6.45, 7) is 8.03. The molecule has 0 N–H and O–H groups in total. The van der Waals surface area contributed by atoms with E-state index >= 15 is 0 Å². The van der Waals surface area contributed by atoms with Gasteiger partial charge in [-0.3, -0.25) is 9.59 Å². The van der Waals surface area contributed by atoms with Crippen LogP contribution in [-0.2, 0) is 14.3 Å². The van der Waals surface area contributed by atoms with E-state index in [4.69, 9.17) is 9.47 Å². The summed E-state index contributed by atoms with van der Waals surface area (Å²) in [5.74, 6) is 1.51. The molecule has 4 heterocycles. The summed E-state index contributed by atoms with van der Waals surface area (Å²) in [4.78, 5) is 28.9. The van der Waals surface area contributed by atoms with Crippen LogP contribution in [0.4, 0.5) is 0 Å². The van der Waals surface area contributed by atoms with E-state index in [0.29, 0.717) is 13.1 Å². The van der Waals surface area contributed by atoms with Crippen molar-refractivity contribution >= 4 is 11.8 Å². The fourth-order valence-corrected chi connectivity index (χ4v) is 5.99. The minimum Gasteiger partial charge on any atom is -0.487 e. The first kappa shape index (κ1) is 19.9. The molecule has 3 fully saturated rings. The molecule has 0 unspecified atom stereocenters. The highest BCUT2D eigenvalue weighted by Crippen LogP contribution is 2.52. The van der Waals surface area contributed by atoms with Crippen LogP contribution in [0.5, 0.6) is 5.75 Å². The van der Waals surface area contributed by atoms with E-state index in [9.17, 15) is 9.59 Å². The van der Waals surface area contributed by atoms with Crippen molar-refractivity contribution in [1.82, 2.24) is 9.80 Å². The first-order valence-corrected chi connectivity index (χ1v) is 11.3. The molecule has 4 aliphatic rings. The molecule has 0 saturated carbocycles. The van der Waals surface area contributed by atoms with E-state index in [1.807, 2.05) is 23.1 Å². The molecular weight excluding hydrogens is 380 g/mol. The Hall–Kier alpha value is -2.08. The zero-order valence-corrected chi connectivity index (χ0v) is 18.2. The lowest BCUT2D eigenvalue weighted by atomic mass is 9.74. The van der Waals surface area contributed by atoms with Crippen LogP contribution >= 0.6 is 0 Å². The van der Waals surface area contributed by atoms with Gasteiger partial charge in [-0.1, -0.05) is 18.2 Å². The third-order valence-corrected chi connectivity index (χ3v) is 7.73. The number of carbonyl (C=O) groups is 2. The Bertz CT molecular complexity index is 845. The van der Waals surface area contributed by atoms with Gasteiger partial charge in [0.05, 0.1) is 18.2 Å². The highest BCUT2D eigenvalue weighted by molar-refractivity contribution is 5.80. The lowest BCUT2D eigenvalue weighted by Gasteiger charge is -2.51. The van der Waals surface area contributed by atoms with Crippen molar-refractivity contribution in [2.45, 2.75) is 70.3 Å². The van der Waals surface area contributed by atoms with Gasteiger partial charge in [0.2, 0.25) is 11.8 Å². The van der Waals surface area contributed by atoms with Crippen molar-refractivity contribution in [2.24, 2.45) is 11.8 Å². The summed E-state index contributed by atoms with van der Waals surface area (Å²) in [6.07, 6.45) is 3.46. The third kappa shape index (κ3) is 3.20. The maximum atomic E-state index is 13.4. The normalized spacial score (nSPS) is 32.6. The lowest BCUT2D eigenvalue weighted by Crippen LogP contribution is -2.55. The average Bonchev–Trinajstić information content (AvgIpc) is 3.15. The number of hydrogen-bond acceptors (Lipinski definition) is 4. The fourth-order valence-electron chi connectivity index (χ4n) is 5.99. The Kier molecular flexibility index (Phi) is 4.80. The number of para-hydroxylation sites is 1. The van der Waals surface area contributed by atoms with Crippen LogP contribution in [0.1, 0.15) is 58.1 Å². The standard InChI is InChI=1S/C24H32N2O4/c1-15(27)25-11-8-16(9-12-25)23(28)26-13-10-21-19(26)14-18-22(29-21)17-6-4-5-7-20(17)30-24(18,2)3/h4-7,16,18-19,21-22H,8-14H2,1-3H3/t18-,19-,21-,22+/m1/s1. The van der Waals surface area contributed by atoms with Gasteiger partial charge < -0.3 is 19.3 Å². The second-order valence-electron chi connectivity index (χ2n) is 9.85. The molecule has 0 spiro atoms. The minimum absolute atomic E-state index is 0.0217. The van der Waals surface area contributed by atoms with Gasteiger partial charge >= 0.3 is 0 Å². The van der Waals surface area contributed by atoms with Crippen LogP contribution in [0.15, 0.2) is 24.3 Å². The van der Waals surface area contributed by atoms with Crippen LogP contribution in [0.3, 0.4) is 0 Å². The molecule has 3 saturated heterocycles. The summed E-state index contributed by atoms with van der Waals surface area (Å²) in [7, 11) is 0. The van der Waals surface area contributed by atoms with Gasteiger partial charge in [0, 0.05) is 44.0 Å². The van der Waals surface area contributed by atoms with Crippen molar-refractivity contribution in [2.75, 3.05) is 19.6 Å². The van der Waals surface area contributed by atoms with Crippen molar-refractivity contribution in [3.63, 3.8) is 0 Å². The molecule has 162 valence electrons. The third-order valence-electron chi connectivity index (χ3n) is 7.73. The Balaban J connectivity index is 1.33. The van der Waals surface area contributed by atoms with Gasteiger partial charge in [-0.15, -0.1) is 0 Å². The maximum Gasteiger partial charge on any atom is 0.226 e. The zero-order chi connectivity index (χ0) is 21.0. The molecule has 0 radical (unpaired) electrons. The number of benzene rings is 1. The van der Waals surface area contributed by atoms with E-state index < -0.39 is 0 Å². The summed E-state index contributed by atoms with van der Waals surface area (Å²) in [5.41, 5.74) is 0.801. The predicted molar refractivity (Wildman–Crippen MR) is 112 cm³/mol. The van der Waals surface area contributed by atoms with Gasteiger partial charge in [0.25, 0.3) is 0 Å². The van der Waals surface area contributed by atoms with Crippen LogP contribution < -0.4 is 4.74 Å². The molecule has 4 atom stereocenters. The predicted octanol–water partition coefficient (Wildman–Crippen LogP) is 3.16.